The number of anilines is 2. The first-order valence-corrected chi connectivity index (χ1v) is 7.25. The van der Waals surface area contributed by atoms with Crippen molar-refractivity contribution in [2.75, 3.05) is 5.32 Å². The van der Waals surface area contributed by atoms with Gasteiger partial charge < -0.3 is 11.1 Å². The van der Waals surface area contributed by atoms with Crippen LogP contribution in [0, 0.1) is 0 Å². The summed E-state index contributed by atoms with van der Waals surface area (Å²) in [5, 5.41) is 3.35. The van der Waals surface area contributed by atoms with Crippen LogP contribution in [0.5, 0.6) is 0 Å². The van der Waals surface area contributed by atoms with Gasteiger partial charge >= 0.3 is 0 Å². The molecule has 0 heterocycles. The molecule has 98 valence electrons. The maximum absolute atomic E-state index is 5.63. The predicted molar refractivity (Wildman–Crippen MR) is 89.1 cm³/mol. The van der Waals surface area contributed by atoms with Crippen LogP contribution in [0.4, 0.5) is 11.4 Å². The highest BCUT2D eigenvalue weighted by atomic mass is 79.9. The lowest BCUT2D eigenvalue weighted by molar-refractivity contribution is 1.14. The number of thiocarbonyl (C=S) groups is 1. The van der Waals surface area contributed by atoms with E-state index in [1.54, 1.807) is 0 Å². The molecule has 0 saturated carbocycles. The second-order valence-electron chi connectivity index (χ2n) is 4.23. The van der Waals surface area contributed by atoms with Gasteiger partial charge in [0.1, 0.15) is 4.99 Å². The first-order valence-electron chi connectivity index (χ1n) is 6.05. The summed E-state index contributed by atoms with van der Waals surface area (Å²) in [4.78, 5) is 0.394. The van der Waals surface area contributed by atoms with E-state index in [0.29, 0.717) is 4.99 Å². The van der Waals surface area contributed by atoms with Crippen LogP contribution in [0.2, 0.25) is 0 Å². The molecule has 0 aliphatic heterocycles. The Labute approximate surface area is 127 Å². The van der Waals surface area contributed by atoms with Crippen LogP contribution in [0.1, 0.15) is 18.1 Å². The van der Waals surface area contributed by atoms with E-state index in [1.807, 2.05) is 18.2 Å². The summed E-state index contributed by atoms with van der Waals surface area (Å²) in [5.74, 6) is 0. The smallest absolute Gasteiger partial charge is 0.105 e. The van der Waals surface area contributed by atoms with Crippen LogP contribution >= 0.6 is 28.1 Å². The molecule has 2 rings (SSSR count). The van der Waals surface area contributed by atoms with Gasteiger partial charge in [-0.2, -0.15) is 0 Å². The standard InChI is InChI=1S/C15H15BrN2S/c1-2-10-3-5-11(6-4-10)18-12-7-8-13(15(17)19)14(16)9-12/h3-9,18H,2H2,1H3,(H2,17,19). The van der Waals surface area contributed by atoms with Crippen molar-refractivity contribution in [2.45, 2.75) is 13.3 Å². The van der Waals surface area contributed by atoms with E-state index in [1.165, 1.54) is 5.56 Å². The normalized spacial score (nSPS) is 10.2. The number of rotatable bonds is 4. The fraction of sp³-hybridized carbons (Fsp3) is 0.133. The van der Waals surface area contributed by atoms with Gasteiger partial charge in [-0.3, -0.25) is 0 Å². The Morgan fingerprint density at radius 2 is 1.79 bits per heavy atom. The van der Waals surface area contributed by atoms with E-state index in [4.69, 9.17) is 18.0 Å². The number of nitrogens with one attached hydrogen (secondary N) is 1. The fourth-order valence-electron chi connectivity index (χ4n) is 1.78. The van der Waals surface area contributed by atoms with E-state index < -0.39 is 0 Å². The number of hydrogen-bond donors (Lipinski definition) is 2. The molecule has 0 fully saturated rings. The Morgan fingerprint density at radius 1 is 1.16 bits per heavy atom. The highest BCUT2D eigenvalue weighted by Gasteiger charge is 2.04. The van der Waals surface area contributed by atoms with Crippen LogP contribution in [0.25, 0.3) is 0 Å². The van der Waals surface area contributed by atoms with Crippen molar-refractivity contribution in [3.63, 3.8) is 0 Å². The first kappa shape index (κ1) is 14.0. The fourth-order valence-corrected chi connectivity index (χ4v) is 2.68. The largest absolute Gasteiger partial charge is 0.389 e. The Kier molecular flexibility index (Phi) is 4.56. The molecule has 0 radical (unpaired) electrons. The third-order valence-corrected chi connectivity index (χ3v) is 3.76. The molecule has 3 N–H and O–H groups in total. The Bertz CT molecular complexity index is 594. The monoisotopic (exact) mass is 334 g/mol. The average molecular weight is 335 g/mol. The number of hydrogen-bond acceptors (Lipinski definition) is 2. The van der Waals surface area contributed by atoms with Gasteiger partial charge in [-0.1, -0.05) is 31.3 Å². The number of halogens is 1. The zero-order chi connectivity index (χ0) is 13.8. The molecule has 0 aliphatic rings. The highest BCUT2D eigenvalue weighted by Crippen LogP contribution is 2.24. The maximum Gasteiger partial charge on any atom is 0.105 e. The first-order chi connectivity index (χ1) is 9.10. The summed E-state index contributed by atoms with van der Waals surface area (Å²) >= 11 is 8.45. The van der Waals surface area contributed by atoms with E-state index in [9.17, 15) is 0 Å². The van der Waals surface area contributed by atoms with Crippen LogP contribution in [0.3, 0.4) is 0 Å². The lowest BCUT2D eigenvalue weighted by Crippen LogP contribution is -2.10. The minimum absolute atomic E-state index is 0.394. The minimum atomic E-state index is 0.394. The molecule has 0 unspecified atom stereocenters. The molecule has 19 heavy (non-hydrogen) atoms. The molecule has 4 heteroatoms. The summed E-state index contributed by atoms with van der Waals surface area (Å²) < 4.78 is 0.898. The van der Waals surface area contributed by atoms with Gasteiger partial charge in [-0.25, -0.2) is 0 Å². The number of benzene rings is 2. The third kappa shape index (κ3) is 3.55. The summed E-state index contributed by atoms with van der Waals surface area (Å²) in [6, 6.07) is 14.3. The summed E-state index contributed by atoms with van der Waals surface area (Å²) in [6.45, 7) is 2.15. The van der Waals surface area contributed by atoms with Crippen molar-refractivity contribution in [1.29, 1.82) is 0 Å². The van der Waals surface area contributed by atoms with Crippen molar-refractivity contribution < 1.29 is 0 Å². The lowest BCUT2D eigenvalue weighted by Gasteiger charge is -2.09. The molecular formula is C15H15BrN2S. The van der Waals surface area contributed by atoms with Crippen molar-refractivity contribution in [3.05, 3.63) is 58.1 Å². The molecule has 2 nitrogen and oxygen atoms in total. The van der Waals surface area contributed by atoms with E-state index in [2.05, 4.69) is 52.4 Å². The summed E-state index contributed by atoms with van der Waals surface area (Å²) in [7, 11) is 0. The van der Waals surface area contributed by atoms with Gasteiger partial charge in [-0.15, -0.1) is 0 Å². The predicted octanol–water partition coefficient (Wildman–Crippen LogP) is 4.39. The molecular weight excluding hydrogens is 320 g/mol. The van der Waals surface area contributed by atoms with Crippen molar-refractivity contribution in [3.8, 4) is 0 Å². The molecule has 0 atom stereocenters. The van der Waals surface area contributed by atoms with Crippen LogP contribution in [-0.4, -0.2) is 4.99 Å². The zero-order valence-corrected chi connectivity index (χ0v) is 13.0. The molecule has 0 aromatic heterocycles. The number of nitrogens with two attached hydrogens (primary N) is 1. The Hall–Kier alpha value is -1.39. The van der Waals surface area contributed by atoms with Gasteiger partial charge in [-0.05, 0) is 58.2 Å². The molecule has 0 aliphatic carbocycles. The van der Waals surface area contributed by atoms with E-state index in [0.717, 1.165) is 27.8 Å². The van der Waals surface area contributed by atoms with Crippen molar-refractivity contribution in [2.24, 2.45) is 5.73 Å². The lowest BCUT2D eigenvalue weighted by atomic mass is 10.1. The maximum atomic E-state index is 5.63. The van der Waals surface area contributed by atoms with Crippen molar-refractivity contribution >= 4 is 44.5 Å². The quantitative estimate of drug-likeness (QED) is 0.814. The Balaban J connectivity index is 2.18. The summed E-state index contributed by atoms with van der Waals surface area (Å²) in [5.41, 5.74) is 9.87. The van der Waals surface area contributed by atoms with Crippen molar-refractivity contribution in [1.82, 2.24) is 0 Å². The highest BCUT2D eigenvalue weighted by molar-refractivity contribution is 9.10. The minimum Gasteiger partial charge on any atom is -0.389 e. The molecule has 2 aromatic carbocycles. The second kappa shape index (κ2) is 6.17. The third-order valence-electron chi connectivity index (χ3n) is 2.89. The zero-order valence-electron chi connectivity index (χ0n) is 10.6. The summed E-state index contributed by atoms with van der Waals surface area (Å²) in [6.07, 6.45) is 1.05. The van der Waals surface area contributed by atoms with Gasteiger partial charge in [0.05, 0.1) is 0 Å². The Morgan fingerprint density at radius 3 is 2.32 bits per heavy atom. The molecule has 0 amide bonds. The van der Waals surface area contributed by atoms with E-state index in [-0.39, 0.29) is 0 Å². The van der Waals surface area contributed by atoms with Crippen LogP contribution < -0.4 is 11.1 Å². The van der Waals surface area contributed by atoms with Gasteiger partial charge in [0, 0.05) is 21.4 Å². The second-order valence-corrected chi connectivity index (χ2v) is 5.53. The SMILES string of the molecule is CCc1ccc(Nc2ccc(C(N)=S)c(Br)c2)cc1. The molecule has 0 bridgehead atoms. The van der Waals surface area contributed by atoms with Gasteiger partial charge in [0.15, 0.2) is 0 Å². The average Bonchev–Trinajstić information content (AvgIpc) is 2.39. The van der Waals surface area contributed by atoms with E-state index >= 15 is 0 Å². The van der Waals surface area contributed by atoms with Crippen LogP contribution in [-0.2, 0) is 6.42 Å². The molecule has 2 aromatic rings. The number of aryl methyl sites for hydroxylation is 1. The van der Waals surface area contributed by atoms with Gasteiger partial charge in [0.2, 0.25) is 0 Å². The topological polar surface area (TPSA) is 38.0 Å². The van der Waals surface area contributed by atoms with Crippen LogP contribution in [0.15, 0.2) is 46.9 Å². The molecule has 0 spiro atoms. The molecule has 0 saturated heterocycles. The van der Waals surface area contributed by atoms with Gasteiger partial charge in [0.25, 0.3) is 0 Å².